The molecular weight excluding hydrogens is 188 g/mol. The second kappa shape index (κ2) is 4.82. The van der Waals surface area contributed by atoms with Gasteiger partial charge in [0.15, 0.2) is 0 Å². The van der Waals surface area contributed by atoms with E-state index < -0.39 is 0 Å². The highest BCUT2D eigenvalue weighted by molar-refractivity contribution is 5.75. The average molecular weight is 206 g/mol. The highest BCUT2D eigenvalue weighted by atomic mass is 16.1. The number of nitrogen functional groups attached to an aromatic ring is 1. The van der Waals surface area contributed by atoms with E-state index in [4.69, 9.17) is 5.73 Å². The van der Waals surface area contributed by atoms with Gasteiger partial charge in [-0.15, -0.1) is 0 Å². The summed E-state index contributed by atoms with van der Waals surface area (Å²) >= 11 is 0. The molecule has 0 aromatic heterocycles. The molecule has 0 bridgehead atoms. The fourth-order valence-corrected chi connectivity index (χ4v) is 1.49. The summed E-state index contributed by atoms with van der Waals surface area (Å²) in [6.45, 7) is 6.42. The molecular formula is C12H18N2O. The maximum Gasteiger partial charge on any atom is 0.219 e. The van der Waals surface area contributed by atoms with Crippen molar-refractivity contribution in [3.05, 3.63) is 28.8 Å². The fraction of sp³-hybridized carbons (Fsp3) is 0.417. The van der Waals surface area contributed by atoms with Crippen LogP contribution in [0.15, 0.2) is 12.1 Å². The van der Waals surface area contributed by atoms with Gasteiger partial charge in [0.05, 0.1) is 0 Å². The first-order valence-corrected chi connectivity index (χ1v) is 5.17. The van der Waals surface area contributed by atoms with Crippen LogP contribution in [0, 0.1) is 13.8 Å². The van der Waals surface area contributed by atoms with Gasteiger partial charge in [-0.1, -0.05) is 13.0 Å². The van der Waals surface area contributed by atoms with Gasteiger partial charge in [0, 0.05) is 18.7 Å². The molecule has 0 unspecified atom stereocenters. The number of benzene rings is 1. The van der Waals surface area contributed by atoms with Crippen molar-refractivity contribution in [1.82, 2.24) is 5.32 Å². The number of nitrogens with two attached hydrogens (primary N) is 1. The smallest absolute Gasteiger partial charge is 0.219 e. The summed E-state index contributed by atoms with van der Waals surface area (Å²) in [6, 6.07) is 3.88. The topological polar surface area (TPSA) is 55.1 Å². The van der Waals surface area contributed by atoms with E-state index in [0.717, 1.165) is 22.4 Å². The van der Waals surface area contributed by atoms with Gasteiger partial charge in [0.1, 0.15) is 0 Å². The van der Waals surface area contributed by atoms with Gasteiger partial charge in [0.25, 0.3) is 0 Å². The Kier molecular flexibility index (Phi) is 3.72. The molecule has 0 aliphatic heterocycles. The van der Waals surface area contributed by atoms with Crippen molar-refractivity contribution < 1.29 is 4.79 Å². The van der Waals surface area contributed by atoms with E-state index in [9.17, 15) is 4.79 Å². The van der Waals surface area contributed by atoms with Crippen molar-refractivity contribution in [3.63, 3.8) is 0 Å². The van der Waals surface area contributed by atoms with Crippen molar-refractivity contribution in [2.24, 2.45) is 0 Å². The molecule has 1 aromatic carbocycles. The van der Waals surface area contributed by atoms with Crippen LogP contribution in [0.5, 0.6) is 0 Å². The second-order valence-electron chi connectivity index (χ2n) is 3.71. The molecule has 15 heavy (non-hydrogen) atoms. The molecule has 0 atom stereocenters. The molecule has 0 radical (unpaired) electrons. The minimum Gasteiger partial charge on any atom is -0.399 e. The molecule has 0 aliphatic carbocycles. The van der Waals surface area contributed by atoms with Crippen molar-refractivity contribution in [2.45, 2.75) is 33.7 Å². The Balaban J connectivity index is 2.84. The molecule has 0 saturated carbocycles. The van der Waals surface area contributed by atoms with E-state index in [2.05, 4.69) is 5.32 Å². The number of hydrogen-bond acceptors (Lipinski definition) is 2. The maximum absolute atomic E-state index is 11.2. The zero-order valence-corrected chi connectivity index (χ0v) is 9.55. The lowest BCUT2D eigenvalue weighted by Gasteiger charge is -2.12. The minimum atomic E-state index is 0.0659. The number of amides is 1. The van der Waals surface area contributed by atoms with E-state index >= 15 is 0 Å². The van der Waals surface area contributed by atoms with Gasteiger partial charge >= 0.3 is 0 Å². The standard InChI is InChI=1S/C12H18N2O/c1-4-12(15)14-7-10-8(2)5-6-11(13)9(10)3/h5-6H,4,7,13H2,1-3H3,(H,14,15). The third-order valence-corrected chi connectivity index (χ3v) is 2.66. The van der Waals surface area contributed by atoms with E-state index in [1.165, 1.54) is 0 Å². The summed E-state index contributed by atoms with van der Waals surface area (Å²) in [5.74, 6) is 0.0659. The third kappa shape index (κ3) is 2.72. The van der Waals surface area contributed by atoms with Crippen LogP contribution < -0.4 is 11.1 Å². The lowest BCUT2D eigenvalue weighted by molar-refractivity contribution is -0.120. The number of rotatable bonds is 3. The predicted octanol–water partition coefficient (Wildman–Crippen LogP) is 1.91. The molecule has 1 aromatic rings. The summed E-state index contributed by atoms with van der Waals surface area (Å²) < 4.78 is 0. The average Bonchev–Trinajstić information content (AvgIpc) is 2.23. The summed E-state index contributed by atoms with van der Waals surface area (Å²) in [6.07, 6.45) is 0.514. The molecule has 1 amide bonds. The van der Waals surface area contributed by atoms with Crippen molar-refractivity contribution in [3.8, 4) is 0 Å². The van der Waals surface area contributed by atoms with Gasteiger partial charge in [-0.25, -0.2) is 0 Å². The Hall–Kier alpha value is -1.51. The lowest BCUT2D eigenvalue weighted by Crippen LogP contribution is -2.22. The number of anilines is 1. The zero-order valence-electron chi connectivity index (χ0n) is 9.55. The first kappa shape index (κ1) is 11.6. The predicted molar refractivity (Wildman–Crippen MR) is 62.5 cm³/mol. The SMILES string of the molecule is CCC(=O)NCc1c(C)ccc(N)c1C. The van der Waals surface area contributed by atoms with Crippen LogP contribution in [-0.2, 0) is 11.3 Å². The molecule has 3 heteroatoms. The summed E-state index contributed by atoms with van der Waals surface area (Å²) in [5.41, 5.74) is 9.94. The van der Waals surface area contributed by atoms with Crippen LogP contribution in [0.4, 0.5) is 5.69 Å². The van der Waals surface area contributed by atoms with Crippen LogP contribution in [0.2, 0.25) is 0 Å². The summed E-state index contributed by atoms with van der Waals surface area (Å²) in [4.78, 5) is 11.2. The number of aryl methyl sites for hydroxylation is 1. The van der Waals surface area contributed by atoms with Crippen LogP contribution in [0.25, 0.3) is 0 Å². The van der Waals surface area contributed by atoms with E-state index in [1.54, 1.807) is 0 Å². The third-order valence-electron chi connectivity index (χ3n) is 2.66. The van der Waals surface area contributed by atoms with Gasteiger partial charge < -0.3 is 11.1 Å². The number of hydrogen-bond donors (Lipinski definition) is 2. The molecule has 0 heterocycles. The summed E-state index contributed by atoms with van der Waals surface area (Å²) in [7, 11) is 0. The van der Waals surface area contributed by atoms with Gasteiger partial charge in [-0.05, 0) is 36.6 Å². The number of carbonyl (C=O) groups is 1. The largest absolute Gasteiger partial charge is 0.399 e. The molecule has 82 valence electrons. The van der Waals surface area contributed by atoms with Crippen LogP contribution in [-0.4, -0.2) is 5.91 Å². The van der Waals surface area contributed by atoms with Crippen molar-refractivity contribution >= 4 is 11.6 Å². The molecule has 3 N–H and O–H groups in total. The molecule has 0 aliphatic rings. The minimum absolute atomic E-state index is 0.0659. The van der Waals surface area contributed by atoms with Gasteiger partial charge in [0.2, 0.25) is 5.91 Å². The first-order chi connectivity index (χ1) is 7.06. The number of nitrogens with one attached hydrogen (secondary N) is 1. The number of carbonyl (C=O) groups excluding carboxylic acids is 1. The second-order valence-corrected chi connectivity index (χ2v) is 3.71. The quantitative estimate of drug-likeness (QED) is 0.742. The Morgan fingerprint density at radius 2 is 2.07 bits per heavy atom. The Morgan fingerprint density at radius 3 is 2.67 bits per heavy atom. The monoisotopic (exact) mass is 206 g/mol. The van der Waals surface area contributed by atoms with E-state index in [1.807, 2.05) is 32.9 Å². The van der Waals surface area contributed by atoms with Crippen LogP contribution in [0.3, 0.4) is 0 Å². The van der Waals surface area contributed by atoms with Crippen LogP contribution in [0.1, 0.15) is 30.0 Å². The van der Waals surface area contributed by atoms with Crippen molar-refractivity contribution in [2.75, 3.05) is 5.73 Å². The highest BCUT2D eigenvalue weighted by Crippen LogP contribution is 2.19. The highest BCUT2D eigenvalue weighted by Gasteiger charge is 2.06. The Labute approximate surface area is 90.7 Å². The maximum atomic E-state index is 11.2. The fourth-order valence-electron chi connectivity index (χ4n) is 1.49. The molecule has 0 saturated heterocycles. The molecule has 0 fully saturated rings. The van der Waals surface area contributed by atoms with E-state index in [0.29, 0.717) is 13.0 Å². The molecule has 3 nitrogen and oxygen atoms in total. The van der Waals surface area contributed by atoms with Crippen LogP contribution >= 0.6 is 0 Å². The normalized spacial score (nSPS) is 10.1. The summed E-state index contributed by atoms with van der Waals surface area (Å²) in [5, 5.41) is 2.86. The molecule has 0 spiro atoms. The van der Waals surface area contributed by atoms with Crippen molar-refractivity contribution in [1.29, 1.82) is 0 Å². The van der Waals surface area contributed by atoms with Gasteiger partial charge in [-0.2, -0.15) is 0 Å². The Bertz CT molecular complexity index is 372. The zero-order chi connectivity index (χ0) is 11.4. The van der Waals surface area contributed by atoms with E-state index in [-0.39, 0.29) is 5.91 Å². The first-order valence-electron chi connectivity index (χ1n) is 5.17. The Morgan fingerprint density at radius 1 is 1.40 bits per heavy atom. The molecule has 1 rings (SSSR count). The lowest BCUT2D eigenvalue weighted by atomic mass is 10.0. The van der Waals surface area contributed by atoms with Gasteiger partial charge in [-0.3, -0.25) is 4.79 Å².